The average molecular weight is 276 g/mol. The summed E-state index contributed by atoms with van der Waals surface area (Å²) in [5.74, 6) is -0.863. The number of hydrogen-bond donors (Lipinski definition) is 1. The molecule has 1 N–H and O–H groups in total. The van der Waals surface area contributed by atoms with Gasteiger partial charge < -0.3 is 5.11 Å². The van der Waals surface area contributed by atoms with Gasteiger partial charge in [0.2, 0.25) is 0 Å². The van der Waals surface area contributed by atoms with Crippen molar-refractivity contribution >= 4 is 5.97 Å². The minimum absolute atomic E-state index is 0. The molecule has 0 radical (unpaired) electrons. The van der Waals surface area contributed by atoms with Gasteiger partial charge in [0.25, 0.3) is 0 Å². The summed E-state index contributed by atoms with van der Waals surface area (Å²) < 4.78 is 0. The number of carboxylic acid groups (broad SMARTS) is 1. The molecule has 0 atom stereocenters. The molecule has 0 spiro atoms. The van der Waals surface area contributed by atoms with Crippen molar-refractivity contribution in [3.8, 4) is 0 Å². The maximum Gasteiger partial charge on any atom is 0.335 e. The van der Waals surface area contributed by atoms with Crippen LogP contribution >= 0.6 is 0 Å². The van der Waals surface area contributed by atoms with E-state index >= 15 is 0 Å². The first kappa shape index (κ1) is 11.1. The number of rotatable bonds is 1. The summed E-state index contributed by atoms with van der Waals surface area (Å²) in [5, 5.41) is 8.57. The van der Waals surface area contributed by atoms with Gasteiger partial charge in [0.05, 0.1) is 5.56 Å². The van der Waals surface area contributed by atoms with Crippen LogP contribution in [0.1, 0.15) is 15.9 Å². The van der Waals surface area contributed by atoms with Crippen molar-refractivity contribution in [2.24, 2.45) is 0 Å². The topological polar surface area (TPSA) is 37.3 Å². The molecule has 56 valence electrons. The number of aryl methyl sites for hydroxylation is 1. The van der Waals surface area contributed by atoms with Crippen LogP contribution in [0.15, 0.2) is 24.3 Å². The van der Waals surface area contributed by atoms with Crippen molar-refractivity contribution in [1.29, 1.82) is 0 Å². The smallest absolute Gasteiger partial charge is 0.335 e. The first-order valence-electron chi connectivity index (χ1n) is 3.01. The Hall–Kier alpha value is 0.0666. The minimum atomic E-state index is -0.863. The van der Waals surface area contributed by atoms with E-state index in [9.17, 15) is 4.79 Å². The molecular formula is C8H8CeO2. The van der Waals surface area contributed by atoms with Crippen molar-refractivity contribution in [2.75, 3.05) is 0 Å². The van der Waals surface area contributed by atoms with Gasteiger partial charge in [0.15, 0.2) is 0 Å². The number of hydrogen-bond acceptors (Lipinski definition) is 1. The van der Waals surface area contributed by atoms with Crippen LogP contribution in [-0.4, -0.2) is 11.1 Å². The van der Waals surface area contributed by atoms with Crippen molar-refractivity contribution < 1.29 is 51.6 Å². The molecule has 0 heterocycles. The SMILES string of the molecule is Cc1ccccc1C(=O)O.[Ce]. The minimum Gasteiger partial charge on any atom is -0.478 e. The molecule has 0 amide bonds. The van der Waals surface area contributed by atoms with Gasteiger partial charge in [0.1, 0.15) is 0 Å². The molecule has 11 heavy (non-hydrogen) atoms. The first-order chi connectivity index (χ1) is 4.72. The van der Waals surface area contributed by atoms with Gasteiger partial charge in [-0.2, -0.15) is 0 Å². The van der Waals surface area contributed by atoms with Gasteiger partial charge in [-0.15, -0.1) is 0 Å². The van der Waals surface area contributed by atoms with Gasteiger partial charge >= 0.3 is 5.97 Å². The fourth-order valence-electron chi connectivity index (χ4n) is 0.813. The average Bonchev–Trinajstić information content (AvgIpc) is 1.88. The number of aromatic carboxylic acids is 1. The molecule has 0 unspecified atom stereocenters. The van der Waals surface area contributed by atoms with Crippen LogP contribution in [0.5, 0.6) is 0 Å². The van der Waals surface area contributed by atoms with Crippen LogP contribution in [0, 0.1) is 48.7 Å². The second kappa shape index (κ2) is 4.85. The third kappa shape index (κ3) is 2.89. The molecular weight excluding hydrogens is 268 g/mol. The number of carboxylic acids is 1. The Bertz CT molecular complexity index is 258. The van der Waals surface area contributed by atoms with Crippen LogP contribution in [0.2, 0.25) is 0 Å². The second-order valence-electron chi connectivity index (χ2n) is 2.12. The monoisotopic (exact) mass is 276 g/mol. The summed E-state index contributed by atoms with van der Waals surface area (Å²) in [6.45, 7) is 1.78. The van der Waals surface area contributed by atoms with E-state index in [4.69, 9.17) is 5.11 Å². The van der Waals surface area contributed by atoms with Crippen molar-refractivity contribution in [2.45, 2.75) is 6.92 Å². The summed E-state index contributed by atoms with van der Waals surface area (Å²) in [6, 6.07) is 6.92. The predicted molar refractivity (Wildman–Crippen MR) is 38.1 cm³/mol. The number of benzene rings is 1. The second-order valence-corrected chi connectivity index (χ2v) is 2.12. The van der Waals surface area contributed by atoms with E-state index in [1.807, 2.05) is 6.07 Å². The summed E-state index contributed by atoms with van der Waals surface area (Å²) in [4.78, 5) is 10.4. The van der Waals surface area contributed by atoms with Crippen LogP contribution in [0.4, 0.5) is 0 Å². The van der Waals surface area contributed by atoms with E-state index in [1.54, 1.807) is 25.1 Å². The van der Waals surface area contributed by atoms with Crippen LogP contribution in [-0.2, 0) is 0 Å². The fourth-order valence-corrected chi connectivity index (χ4v) is 0.813. The fraction of sp³-hybridized carbons (Fsp3) is 0.125. The zero-order chi connectivity index (χ0) is 7.56. The van der Waals surface area contributed by atoms with Crippen LogP contribution in [0.3, 0.4) is 0 Å². The Kier molecular flexibility index (Phi) is 4.88. The van der Waals surface area contributed by atoms with Crippen molar-refractivity contribution in [3.05, 3.63) is 35.4 Å². The maximum atomic E-state index is 10.4. The molecule has 0 aliphatic heterocycles. The molecule has 3 heteroatoms. The van der Waals surface area contributed by atoms with Gasteiger partial charge in [-0.1, -0.05) is 18.2 Å². The Labute approximate surface area is 99.0 Å². The van der Waals surface area contributed by atoms with Gasteiger partial charge in [-0.25, -0.2) is 4.79 Å². The van der Waals surface area contributed by atoms with E-state index in [0.29, 0.717) is 5.56 Å². The summed E-state index contributed by atoms with van der Waals surface area (Å²) >= 11 is 0. The summed E-state index contributed by atoms with van der Waals surface area (Å²) in [7, 11) is 0. The molecule has 0 aliphatic rings. The van der Waals surface area contributed by atoms with E-state index in [-0.39, 0.29) is 41.7 Å². The Balaban J connectivity index is 0.000001000. The maximum absolute atomic E-state index is 10.4. The standard InChI is InChI=1S/C8H8O2.Ce/c1-6-4-2-3-5-7(6)8(9)10;/h2-5H,1H3,(H,9,10);. The molecule has 0 saturated heterocycles. The third-order valence-corrected chi connectivity index (χ3v) is 1.38. The molecule has 0 bridgehead atoms. The van der Waals surface area contributed by atoms with E-state index < -0.39 is 5.97 Å². The van der Waals surface area contributed by atoms with Crippen LogP contribution < -0.4 is 0 Å². The molecule has 0 aromatic heterocycles. The first-order valence-corrected chi connectivity index (χ1v) is 3.01. The van der Waals surface area contributed by atoms with E-state index in [1.165, 1.54) is 0 Å². The zero-order valence-corrected chi connectivity index (χ0v) is 9.30. The van der Waals surface area contributed by atoms with Crippen molar-refractivity contribution in [1.82, 2.24) is 0 Å². The molecule has 0 aliphatic carbocycles. The Morgan fingerprint density at radius 3 is 2.27 bits per heavy atom. The molecule has 0 fully saturated rings. The summed E-state index contributed by atoms with van der Waals surface area (Å²) in [5.41, 5.74) is 1.18. The largest absolute Gasteiger partial charge is 0.478 e. The van der Waals surface area contributed by atoms with Gasteiger partial charge in [-0.05, 0) is 18.6 Å². The molecule has 0 saturated carbocycles. The molecule has 1 aromatic carbocycles. The molecule has 2 nitrogen and oxygen atoms in total. The quantitative estimate of drug-likeness (QED) is 0.847. The van der Waals surface area contributed by atoms with Crippen molar-refractivity contribution in [3.63, 3.8) is 0 Å². The predicted octanol–water partition coefficient (Wildman–Crippen LogP) is 1.69. The summed E-state index contributed by atoms with van der Waals surface area (Å²) in [6.07, 6.45) is 0. The Morgan fingerprint density at radius 1 is 1.36 bits per heavy atom. The van der Waals surface area contributed by atoms with Gasteiger partial charge in [-0.3, -0.25) is 0 Å². The molecule has 1 rings (SSSR count). The van der Waals surface area contributed by atoms with Crippen LogP contribution in [0.25, 0.3) is 0 Å². The van der Waals surface area contributed by atoms with E-state index in [0.717, 1.165) is 5.56 Å². The third-order valence-electron chi connectivity index (χ3n) is 1.38. The van der Waals surface area contributed by atoms with E-state index in [2.05, 4.69) is 0 Å². The number of carbonyl (C=O) groups is 1. The van der Waals surface area contributed by atoms with Gasteiger partial charge in [0, 0.05) is 41.7 Å². The normalized spacial score (nSPS) is 8.45. The molecule has 1 aromatic rings. The zero-order valence-electron chi connectivity index (χ0n) is 6.16. The Morgan fingerprint density at radius 2 is 1.91 bits per heavy atom.